The van der Waals surface area contributed by atoms with Crippen molar-refractivity contribution in [1.82, 2.24) is 0 Å². The van der Waals surface area contributed by atoms with Crippen molar-refractivity contribution >= 4 is 16.7 Å². The molecular weight excluding hydrogens is 224 g/mol. The van der Waals surface area contributed by atoms with Gasteiger partial charge < -0.3 is 5.11 Å². The lowest BCUT2D eigenvalue weighted by atomic mass is 9.75. The van der Waals surface area contributed by atoms with Gasteiger partial charge in [-0.25, -0.2) is 0 Å². The molecule has 0 amide bonds. The van der Waals surface area contributed by atoms with Crippen molar-refractivity contribution in [3.05, 3.63) is 47.0 Å². The third-order valence-electron chi connectivity index (χ3n) is 4.60. The molecule has 0 bridgehead atoms. The number of carboxylic acids is 1. The number of hydrogen-bond acceptors (Lipinski definition) is 1. The van der Waals surface area contributed by atoms with Gasteiger partial charge in [0.2, 0.25) is 0 Å². The first-order chi connectivity index (χ1) is 8.75. The van der Waals surface area contributed by atoms with E-state index in [0.717, 1.165) is 19.3 Å². The quantitative estimate of drug-likeness (QED) is 0.828. The number of hydrogen-bond donors (Lipinski definition) is 1. The van der Waals surface area contributed by atoms with Crippen LogP contribution in [-0.2, 0) is 17.6 Å². The molecule has 0 saturated carbocycles. The molecule has 2 nitrogen and oxygen atoms in total. The molecule has 2 aliphatic carbocycles. The Morgan fingerprint density at radius 1 is 1.17 bits per heavy atom. The van der Waals surface area contributed by atoms with Gasteiger partial charge in [-0.1, -0.05) is 30.3 Å². The maximum absolute atomic E-state index is 11.4. The number of rotatable bonds is 1. The van der Waals surface area contributed by atoms with Crippen LogP contribution in [0.25, 0.3) is 10.8 Å². The molecule has 90 valence electrons. The van der Waals surface area contributed by atoms with Gasteiger partial charge in [-0.15, -0.1) is 0 Å². The number of aliphatic carboxylic acids is 1. The van der Waals surface area contributed by atoms with Crippen LogP contribution >= 0.6 is 0 Å². The summed E-state index contributed by atoms with van der Waals surface area (Å²) in [5, 5.41) is 12.0. The first-order valence-electron chi connectivity index (χ1n) is 6.52. The highest BCUT2D eigenvalue weighted by Crippen LogP contribution is 2.48. The van der Waals surface area contributed by atoms with E-state index in [1.165, 1.54) is 27.5 Å². The lowest BCUT2D eigenvalue weighted by Gasteiger charge is -2.28. The van der Waals surface area contributed by atoms with Gasteiger partial charge in [0.1, 0.15) is 0 Å². The van der Waals surface area contributed by atoms with Crippen molar-refractivity contribution in [2.45, 2.75) is 25.2 Å². The summed E-state index contributed by atoms with van der Waals surface area (Å²) in [5.74, 6) is -0.627. The number of carbonyl (C=O) groups is 1. The summed E-state index contributed by atoms with van der Waals surface area (Å²) >= 11 is 0. The Bertz CT molecular complexity index is 672. The first kappa shape index (κ1) is 10.1. The second kappa shape index (κ2) is 3.35. The van der Waals surface area contributed by atoms with Gasteiger partial charge in [-0.3, -0.25) is 4.79 Å². The van der Waals surface area contributed by atoms with Gasteiger partial charge >= 0.3 is 5.97 Å². The van der Waals surface area contributed by atoms with Crippen LogP contribution in [0.1, 0.15) is 29.0 Å². The predicted octanol–water partition coefficient (Wildman–Crippen LogP) is 3.13. The van der Waals surface area contributed by atoms with E-state index in [9.17, 15) is 9.90 Å². The Kier molecular flexibility index (Phi) is 1.88. The maximum atomic E-state index is 11.4. The summed E-state index contributed by atoms with van der Waals surface area (Å²) in [4.78, 5) is 11.4. The van der Waals surface area contributed by atoms with Gasteiger partial charge in [0.15, 0.2) is 0 Å². The van der Waals surface area contributed by atoms with E-state index in [4.69, 9.17) is 0 Å². The average Bonchev–Trinajstić information content (AvgIpc) is 2.76. The monoisotopic (exact) mass is 238 g/mol. The van der Waals surface area contributed by atoms with Crippen molar-refractivity contribution in [3.63, 3.8) is 0 Å². The van der Waals surface area contributed by atoms with E-state index in [1.54, 1.807) is 0 Å². The minimum atomic E-state index is -0.629. The van der Waals surface area contributed by atoms with Gasteiger partial charge in [-0.05, 0) is 46.7 Å². The van der Waals surface area contributed by atoms with Crippen molar-refractivity contribution in [3.8, 4) is 0 Å². The normalized spacial score (nSPS) is 24.4. The smallest absolute Gasteiger partial charge is 0.307 e. The van der Waals surface area contributed by atoms with Crippen LogP contribution in [0.5, 0.6) is 0 Å². The molecule has 0 unspecified atom stereocenters. The van der Waals surface area contributed by atoms with E-state index < -0.39 is 5.97 Å². The van der Waals surface area contributed by atoms with Gasteiger partial charge in [-0.2, -0.15) is 0 Å². The second-order valence-corrected chi connectivity index (χ2v) is 5.45. The fraction of sp³-hybridized carbons (Fsp3) is 0.312. The molecule has 1 N–H and O–H groups in total. The molecule has 0 spiro atoms. The zero-order chi connectivity index (χ0) is 12.3. The summed E-state index contributed by atoms with van der Waals surface area (Å²) in [6.45, 7) is 0. The molecular formula is C16H14O2. The van der Waals surface area contributed by atoms with Crippen molar-refractivity contribution < 1.29 is 9.90 Å². The van der Waals surface area contributed by atoms with Crippen LogP contribution in [0.15, 0.2) is 30.3 Å². The zero-order valence-corrected chi connectivity index (χ0v) is 10.0. The molecule has 0 heterocycles. The molecule has 0 saturated heterocycles. The second-order valence-electron chi connectivity index (χ2n) is 5.45. The molecule has 0 fully saturated rings. The van der Waals surface area contributed by atoms with E-state index in [-0.39, 0.29) is 11.8 Å². The van der Waals surface area contributed by atoms with Crippen LogP contribution in [0.2, 0.25) is 0 Å². The fourth-order valence-electron chi connectivity index (χ4n) is 3.83. The molecule has 4 rings (SSSR count). The molecule has 2 aliphatic rings. The summed E-state index contributed by atoms with van der Waals surface area (Å²) in [6, 6.07) is 10.7. The number of benzene rings is 2. The Labute approximate surface area is 105 Å². The Morgan fingerprint density at radius 3 is 2.89 bits per heavy atom. The fourth-order valence-corrected chi connectivity index (χ4v) is 3.83. The minimum absolute atomic E-state index is 0.199. The van der Waals surface area contributed by atoms with Gasteiger partial charge in [0.05, 0.1) is 5.92 Å². The predicted molar refractivity (Wildman–Crippen MR) is 69.8 cm³/mol. The Balaban J connectivity index is 2.03. The van der Waals surface area contributed by atoms with Gasteiger partial charge in [0, 0.05) is 5.92 Å². The third-order valence-corrected chi connectivity index (χ3v) is 4.60. The highest BCUT2D eigenvalue weighted by molar-refractivity contribution is 5.93. The van der Waals surface area contributed by atoms with E-state index in [2.05, 4.69) is 30.3 Å². The maximum Gasteiger partial charge on any atom is 0.307 e. The minimum Gasteiger partial charge on any atom is -0.481 e. The van der Waals surface area contributed by atoms with E-state index in [0.29, 0.717) is 0 Å². The summed E-state index contributed by atoms with van der Waals surface area (Å²) in [5.41, 5.74) is 4.04. The molecule has 0 aromatic heterocycles. The van der Waals surface area contributed by atoms with Crippen LogP contribution < -0.4 is 0 Å². The highest BCUT2D eigenvalue weighted by atomic mass is 16.4. The largest absolute Gasteiger partial charge is 0.481 e. The Hall–Kier alpha value is -1.83. The lowest BCUT2D eigenvalue weighted by Crippen LogP contribution is -2.26. The number of aryl methyl sites for hydroxylation is 1. The van der Waals surface area contributed by atoms with Gasteiger partial charge in [0.25, 0.3) is 0 Å². The molecule has 2 heteroatoms. The van der Waals surface area contributed by atoms with Crippen LogP contribution in [-0.4, -0.2) is 11.1 Å². The molecule has 2 aromatic rings. The van der Waals surface area contributed by atoms with Crippen molar-refractivity contribution in [1.29, 1.82) is 0 Å². The summed E-state index contributed by atoms with van der Waals surface area (Å²) in [7, 11) is 0. The molecule has 0 aliphatic heterocycles. The number of carboxylic acid groups (broad SMARTS) is 1. The van der Waals surface area contributed by atoms with Crippen LogP contribution in [0.4, 0.5) is 0 Å². The Morgan fingerprint density at radius 2 is 2.06 bits per heavy atom. The first-order valence-corrected chi connectivity index (χ1v) is 6.52. The molecule has 2 aromatic carbocycles. The molecule has 2 atom stereocenters. The third kappa shape index (κ3) is 1.15. The zero-order valence-electron chi connectivity index (χ0n) is 10.0. The summed E-state index contributed by atoms with van der Waals surface area (Å²) < 4.78 is 0. The van der Waals surface area contributed by atoms with E-state index in [1.807, 2.05) is 0 Å². The topological polar surface area (TPSA) is 37.3 Å². The van der Waals surface area contributed by atoms with Crippen molar-refractivity contribution in [2.24, 2.45) is 5.92 Å². The average molecular weight is 238 g/mol. The van der Waals surface area contributed by atoms with Crippen LogP contribution in [0, 0.1) is 5.92 Å². The lowest BCUT2D eigenvalue weighted by molar-refractivity contribution is -0.143. The highest BCUT2D eigenvalue weighted by Gasteiger charge is 2.39. The van der Waals surface area contributed by atoms with Crippen LogP contribution in [0.3, 0.4) is 0 Å². The summed E-state index contributed by atoms with van der Waals surface area (Å²) in [6.07, 6.45) is 2.60. The SMILES string of the molecule is O=C(O)[C@@H]1CCc2ccc3cccc4c3c2[C@H]1C4. The molecule has 0 radical (unpaired) electrons. The van der Waals surface area contributed by atoms with Crippen molar-refractivity contribution in [2.75, 3.05) is 0 Å². The standard InChI is InChI=1S/C16H14O2/c17-16(18)12-7-6-10-5-4-9-2-1-3-11-8-13(12)15(10)14(9)11/h1-5,12-13H,6-8H2,(H,17,18)/t12-,13+/m1/s1. The molecule has 18 heavy (non-hydrogen) atoms. The van der Waals surface area contributed by atoms with E-state index >= 15 is 0 Å².